The van der Waals surface area contributed by atoms with Crippen molar-refractivity contribution in [2.45, 2.75) is 66.3 Å². The predicted molar refractivity (Wildman–Crippen MR) is 171 cm³/mol. The van der Waals surface area contributed by atoms with Crippen molar-refractivity contribution in [1.29, 1.82) is 0 Å². The number of anilines is 1. The summed E-state index contributed by atoms with van der Waals surface area (Å²) in [7, 11) is 1.73. The Hall–Kier alpha value is -4.16. The van der Waals surface area contributed by atoms with Crippen LogP contribution in [-0.4, -0.2) is 87.8 Å². The lowest BCUT2D eigenvalue weighted by Crippen LogP contribution is -2.49. The van der Waals surface area contributed by atoms with Crippen molar-refractivity contribution in [1.82, 2.24) is 30.4 Å². The average molecular weight is 640 g/mol. The minimum atomic E-state index is -0.639. The second-order valence-electron chi connectivity index (χ2n) is 12.3. The van der Waals surface area contributed by atoms with E-state index in [4.69, 9.17) is 20.9 Å². The summed E-state index contributed by atoms with van der Waals surface area (Å²) in [5.74, 6) is 0.208. The molecule has 0 saturated heterocycles. The van der Waals surface area contributed by atoms with Gasteiger partial charge in [0.2, 0.25) is 17.6 Å². The number of amides is 3. The van der Waals surface area contributed by atoms with Crippen LogP contribution in [-0.2, 0) is 27.4 Å². The summed E-state index contributed by atoms with van der Waals surface area (Å²) in [6, 6.07) is 13.1. The van der Waals surface area contributed by atoms with E-state index in [1.165, 1.54) is 11.1 Å². The predicted octanol–water partition coefficient (Wildman–Crippen LogP) is 4.66. The lowest BCUT2D eigenvalue weighted by molar-refractivity contribution is -0.145. The van der Waals surface area contributed by atoms with Crippen LogP contribution in [0, 0.1) is 6.92 Å². The lowest BCUT2D eigenvalue weighted by atomic mass is 10.1. The Kier molecular flexibility index (Phi) is 10.7. The SMILES string of the molecule is Cc1nc(-c2ccc(Cl)c(N(CC(=O)NCCN(C(=O)OC(C)(C)C)C(C)C)CC(=O)N(C)N3Cc4ccccc4C3)c2)no1. The van der Waals surface area contributed by atoms with Crippen LogP contribution in [0.3, 0.4) is 0 Å². The molecule has 0 unspecified atom stereocenters. The average Bonchev–Trinajstić information content (AvgIpc) is 3.60. The van der Waals surface area contributed by atoms with Gasteiger partial charge in [-0.3, -0.25) is 14.6 Å². The zero-order chi connectivity index (χ0) is 32.9. The van der Waals surface area contributed by atoms with Gasteiger partial charge in [-0.25, -0.2) is 9.80 Å². The Morgan fingerprint density at radius 3 is 2.33 bits per heavy atom. The van der Waals surface area contributed by atoms with Crippen molar-refractivity contribution < 1.29 is 23.6 Å². The number of hydrogen-bond acceptors (Lipinski definition) is 9. The number of carbonyl (C=O) groups is 3. The summed E-state index contributed by atoms with van der Waals surface area (Å²) in [5.41, 5.74) is 2.79. The smallest absolute Gasteiger partial charge is 0.410 e. The summed E-state index contributed by atoms with van der Waals surface area (Å²) in [5, 5.41) is 10.8. The molecule has 2 aromatic carbocycles. The van der Waals surface area contributed by atoms with E-state index in [0.717, 1.165) is 0 Å². The van der Waals surface area contributed by atoms with Crippen LogP contribution >= 0.6 is 11.6 Å². The minimum Gasteiger partial charge on any atom is -0.444 e. The zero-order valence-corrected chi connectivity index (χ0v) is 27.7. The Balaban J connectivity index is 1.49. The lowest BCUT2D eigenvalue weighted by Gasteiger charge is -2.32. The van der Waals surface area contributed by atoms with E-state index >= 15 is 0 Å². The molecule has 242 valence electrons. The molecule has 1 aliphatic rings. The van der Waals surface area contributed by atoms with E-state index < -0.39 is 11.7 Å². The Bertz CT molecular complexity index is 1490. The molecule has 0 fully saturated rings. The minimum absolute atomic E-state index is 0.124. The van der Waals surface area contributed by atoms with E-state index in [9.17, 15) is 14.4 Å². The molecule has 12 nitrogen and oxygen atoms in total. The van der Waals surface area contributed by atoms with Gasteiger partial charge in [-0.05, 0) is 63.9 Å². The highest BCUT2D eigenvalue weighted by molar-refractivity contribution is 6.33. The number of nitrogens with zero attached hydrogens (tertiary/aromatic N) is 6. The molecule has 1 aliphatic heterocycles. The Morgan fingerprint density at radius 1 is 1.09 bits per heavy atom. The number of rotatable bonds is 11. The van der Waals surface area contributed by atoms with Crippen molar-refractivity contribution >= 4 is 35.2 Å². The first-order valence-corrected chi connectivity index (χ1v) is 15.3. The van der Waals surface area contributed by atoms with Crippen LogP contribution in [0.2, 0.25) is 5.02 Å². The largest absolute Gasteiger partial charge is 0.444 e. The number of likely N-dealkylation sites (N-methyl/N-ethyl adjacent to an activating group) is 1. The van der Waals surface area contributed by atoms with E-state index in [2.05, 4.69) is 27.6 Å². The van der Waals surface area contributed by atoms with Crippen LogP contribution in [0.15, 0.2) is 47.0 Å². The maximum Gasteiger partial charge on any atom is 0.410 e. The van der Waals surface area contributed by atoms with Gasteiger partial charge in [0.15, 0.2) is 0 Å². The highest BCUT2D eigenvalue weighted by atomic mass is 35.5. The maximum atomic E-state index is 13.7. The van der Waals surface area contributed by atoms with Crippen LogP contribution in [0.4, 0.5) is 10.5 Å². The number of benzene rings is 2. The third-order valence-corrected chi connectivity index (χ3v) is 7.59. The second kappa shape index (κ2) is 14.3. The molecular formula is C32H42ClN7O5. The second-order valence-corrected chi connectivity index (χ2v) is 12.7. The Morgan fingerprint density at radius 2 is 1.76 bits per heavy atom. The monoisotopic (exact) mass is 639 g/mol. The quantitative estimate of drug-likeness (QED) is 0.319. The van der Waals surface area contributed by atoms with Crippen LogP contribution in [0.1, 0.15) is 51.6 Å². The van der Waals surface area contributed by atoms with Gasteiger partial charge in [-0.1, -0.05) is 41.0 Å². The van der Waals surface area contributed by atoms with Crippen molar-refractivity contribution in [3.63, 3.8) is 0 Å². The highest BCUT2D eigenvalue weighted by Gasteiger charge is 2.28. The number of nitrogens with one attached hydrogen (secondary N) is 1. The van der Waals surface area contributed by atoms with Gasteiger partial charge >= 0.3 is 6.09 Å². The molecular weight excluding hydrogens is 598 g/mol. The van der Waals surface area contributed by atoms with Crippen molar-refractivity contribution in [2.24, 2.45) is 0 Å². The normalized spacial score (nSPS) is 13.0. The number of fused-ring (bicyclic) bond motifs is 1. The summed E-state index contributed by atoms with van der Waals surface area (Å²) in [6.45, 7) is 12.3. The molecule has 0 aliphatic carbocycles. The van der Waals surface area contributed by atoms with Gasteiger partial charge < -0.3 is 24.4 Å². The standard InChI is InChI=1S/C32H42ClN7O5/c1-21(2)40(31(43)44-32(4,5)6)15-14-34-28(41)19-38(27-16-23(12-13-26(27)33)30-35-22(3)45-36-30)20-29(42)37(7)39-17-24-10-8-9-11-25(24)18-39/h8-13,16,21H,14-15,17-20H2,1-7H3,(H,34,41). The van der Waals surface area contributed by atoms with Gasteiger partial charge in [-0.2, -0.15) is 4.98 Å². The molecule has 3 amide bonds. The van der Waals surface area contributed by atoms with Crippen molar-refractivity contribution in [2.75, 3.05) is 38.1 Å². The van der Waals surface area contributed by atoms with Gasteiger partial charge in [0.25, 0.3) is 5.91 Å². The van der Waals surface area contributed by atoms with Gasteiger partial charge in [0.1, 0.15) is 5.60 Å². The van der Waals surface area contributed by atoms with Gasteiger partial charge in [0, 0.05) is 51.8 Å². The molecule has 0 saturated carbocycles. The van der Waals surface area contributed by atoms with Gasteiger partial charge in [0.05, 0.1) is 23.8 Å². The molecule has 2 heterocycles. The molecule has 0 radical (unpaired) electrons. The number of hydrogen-bond donors (Lipinski definition) is 1. The molecule has 0 spiro atoms. The summed E-state index contributed by atoms with van der Waals surface area (Å²) in [6.07, 6.45) is -0.452. The van der Waals surface area contributed by atoms with E-state index in [0.29, 0.717) is 41.1 Å². The zero-order valence-electron chi connectivity index (χ0n) is 27.0. The number of ether oxygens (including phenoxy) is 1. The fourth-order valence-corrected chi connectivity index (χ4v) is 5.15. The fourth-order valence-electron chi connectivity index (χ4n) is 4.91. The van der Waals surface area contributed by atoms with E-state index in [1.54, 1.807) is 67.8 Å². The topological polar surface area (TPSA) is 124 Å². The molecule has 0 bridgehead atoms. The maximum absolute atomic E-state index is 13.7. The first-order valence-electron chi connectivity index (χ1n) is 14.9. The molecule has 0 atom stereocenters. The summed E-state index contributed by atoms with van der Waals surface area (Å²) >= 11 is 6.66. The number of halogens is 1. The molecule has 13 heteroatoms. The fraction of sp³-hybridized carbons (Fsp3) is 0.469. The first kappa shape index (κ1) is 33.7. The molecule has 1 aromatic heterocycles. The van der Waals surface area contributed by atoms with Crippen LogP contribution < -0.4 is 10.2 Å². The number of carbonyl (C=O) groups excluding carboxylic acids is 3. The Labute approximate surface area is 269 Å². The highest BCUT2D eigenvalue weighted by Crippen LogP contribution is 2.31. The van der Waals surface area contributed by atoms with Crippen LogP contribution in [0.5, 0.6) is 0 Å². The summed E-state index contributed by atoms with van der Waals surface area (Å²) < 4.78 is 10.7. The third-order valence-electron chi connectivity index (χ3n) is 7.27. The first-order chi connectivity index (χ1) is 21.2. The molecule has 3 aromatic rings. The molecule has 4 rings (SSSR count). The number of aryl methyl sites for hydroxylation is 1. The van der Waals surface area contributed by atoms with Crippen LogP contribution in [0.25, 0.3) is 11.4 Å². The number of hydrazine groups is 1. The summed E-state index contributed by atoms with van der Waals surface area (Å²) in [4.78, 5) is 47.1. The van der Waals surface area contributed by atoms with E-state index in [-0.39, 0.29) is 44.0 Å². The number of aromatic nitrogens is 2. The van der Waals surface area contributed by atoms with Gasteiger partial charge in [-0.15, -0.1) is 0 Å². The van der Waals surface area contributed by atoms with E-state index in [1.807, 2.05) is 31.0 Å². The molecule has 45 heavy (non-hydrogen) atoms. The molecule has 1 N–H and O–H groups in total. The third kappa shape index (κ3) is 8.95. The van der Waals surface area contributed by atoms with Crippen molar-refractivity contribution in [3.05, 3.63) is 64.5 Å². The van der Waals surface area contributed by atoms with Crippen molar-refractivity contribution in [3.8, 4) is 11.4 Å².